The molecule has 0 unspecified atom stereocenters. The normalized spacial score (nSPS) is 10.6. The molecule has 0 N–H and O–H groups in total. The summed E-state index contributed by atoms with van der Waals surface area (Å²) in [6.45, 7) is 6.28. The molecule has 0 saturated heterocycles. The third-order valence-electron chi connectivity index (χ3n) is 5.60. The summed E-state index contributed by atoms with van der Waals surface area (Å²) in [5, 5.41) is 0. The van der Waals surface area contributed by atoms with Gasteiger partial charge < -0.3 is 9.47 Å². The molecule has 0 atom stereocenters. The molecule has 172 valence electrons. The van der Waals surface area contributed by atoms with Crippen molar-refractivity contribution in [2.75, 3.05) is 0 Å². The van der Waals surface area contributed by atoms with Crippen molar-refractivity contribution in [2.24, 2.45) is 0 Å². The van der Waals surface area contributed by atoms with Crippen molar-refractivity contribution in [1.29, 1.82) is 0 Å². The van der Waals surface area contributed by atoms with E-state index >= 15 is 0 Å². The Hall–Kier alpha value is -3.40. The summed E-state index contributed by atoms with van der Waals surface area (Å²) in [7, 11) is 0. The maximum absolute atomic E-state index is 13.1. The van der Waals surface area contributed by atoms with Crippen molar-refractivity contribution in [3.05, 3.63) is 94.5 Å². The molecule has 0 aliphatic heterocycles. The van der Waals surface area contributed by atoms with Crippen molar-refractivity contribution in [3.8, 4) is 11.5 Å². The molecule has 33 heavy (non-hydrogen) atoms. The number of benzene rings is 3. The van der Waals surface area contributed by atoms with Gasteiger partial charge in [-0.1, -0.05) is 76.1 Å². The molecule has 0 fully saturated rings. The number of carbonyl (C=O) groups is 2. The number of ether oxygens (including phenoxy) is 2. The molecule has 0 heterocycles. The van der Waals surface area contributed by atoms with Crippen LogP contribution in [-0.4, -0.2) is 11.9 Å². The number of hydrogen-bond acceptors (Lipinski definition) is 4. The van der Waals surface area contributed by atoms with Gasteiger partial charge in [0.15, 0.2) is 11.5 Å². The second-order valence-corrected chi connectivity index (χ2v) is 8.05. The summed E-state index contributed by atoms with van der Waals surface area (Å²) in [6.07, 6.45) is 5.20. The van der Waals surface area contributed by atoms with Gasteiger partial charge in [0.2, 0.25) is 0 Å². The van der Waals surface area contributed by atoms with Gasteiger partial charge in [0.05, 0.1) is 11.1 Å². The summed E-state index contributed by atoms with van der Waals surface area (Å²) in [5.74, 6) is -0.195. The maximum atomic E-state index is 13.1. The Morgan fingerprint density at radius 3 is 1.70 bits per heavy atom. The van der Waals surface area contributed by atoms with Crippen LogP contribution in [0.3, 0.4) is 0 Å². The van der Waals surface area contributed by atoms with Gasteiger partial charge in [-0.25, -0.2) is 9.59 Å². The summed E-state index contributed by atoms with van der Waals surface area (Å²) in [4.78, 5) is 26.0. The lowest BCUT2D eigenvalue weighted by Gasteiger charge is -2.21. The summed E-state index contributed by atoms with van der Waals surface area (Å²) in [6, 6.07) is 19.9. The van der Waals surface area contributed by atoms with Gasteiger partial charge in [-0.15, -0.1) is 0 Å². The maximum Gasteiger partial charge on any atom is 0.343 e. The molecule has 3 aromatic rings. The number of esters is 2. The Morgan fingerprint density at radius 2 is 1.21 bits per heavy atom. The first kappa shape index (κ1) is 24.2. The van der Waals surface area contributed by atoms with Crippen molar-refractivity contribution < 1.29 is 19.1 Å². The second kappa shape index (κ2) is 12.0. The molecule has 0 aliphatic rings. The number of unbranched alkanes of at least 4 members (excludes halogenated alkanes) is 1. The Kier molecular flexibility index (Phi) is 8.82. The van der Waals surface area contributed by atoms with Gasteiger partial charge in [0.1, 0.15) is 0 Å². The van der Waals surface area contributed by atoms with Crippen LogP contribution < -0.4 is 9.47 Å². The van der Waals surface area contributed by atoms with E-state index in [1.165, 1.54) is 0 Å². The lowest BCUT2D eigenvalue weighted by Crippen LogP contribution is -2.16. The molecule has 3 rings (SSSR count). The topological polar surface area (TPSA) is 52.6 Å². The standard InChI is InChI=1S/C29H32O4/c1-4-7-19-25-24(14-5-2)20-21(6-3)26(32-28(30)22-15-10-8-11-16-22)27(25)33-29(31)23-17-12-9-13-18-23/h8-13,15-18,20H,4-7,14,19H2,1-3H3. The largest absolute Gasteiger partial charge is 0.419 e. The molecule has 0 radical (unpaired) electrons. The predicted molar refractivity (Wildman–Crippen MR) is 131 cm³/mol. The molecule has 0 bridgehead atoms. The molecular formula is C29H32O4. The average molecular weight is 445 g/mol. The van der Waals surface area contributed by atoms with E-state index < -0.39 is 11.9 Å². The minimum atomic E-state index is -0.466. The summed E-state index contributed by atoms with van der Waals surface area (Å²) in [5.41, 5.74) is 3.87. The first-order valence-corrected chi connectivity index (χ1v) is 11.8. The second-order valence-electron chi connectivity index (χ2n) is 8.05. The van der Waals surface area contributed by atoms with Crippen LogP contribution >= 0.6 is 0 Å². The quantitative estimate of drug-likeness (QED) is 0.250. The van der Waals surface area contributed by atoms with Crippen LogP contribution in [0.25, 0.3) is 0 Å². The van der Waals surface area contributed by atoms with Gasteiger partial charge in [-0.3, -0.25) is 0 Å². The highest BCUT2D eigenvalue weighted by Gasteiger charge is 2.25. The molecule has 0 aromatic heterocycles. The van der Waals surface area contributed by atoms with Crippen LogP contribution in [0.15, 0.2) is 66.7 Å². The third kappa shape index (κ3) is 6.10. The van der Waals surface area contributed by atoms with E-state index in [2.05, 4.69) is 19.9 Å². The van der Waals surface area contributed by atoms with Gasteiger partial charge in [-0.2, -0.15) is 0 Å². The Bertz CT molecular complexity index is 1070. The monoisotopic (exact) mass is 444 g/mol. The zero-order valence-electron chi connectivity index (χ0n) is 19.7. The van der Waals surface area contributed by atoms with Crippen LogP contribution in [0.2, 0.25) is 0 Å². The highest BCUT2D eigenvalue weighted by atomic mass is 16.6. The SMILES string of the molecule is CCCCc1c(CCC)cc(CC)c(OC(=O)c2ccccc2)c1OC(=O)c1ccccc1. The van der Waals surface area contributed by atoms with E-state index in [0.29, 0.717) is 29.0 Å². The molecular weight excluding hydrogens is 412 g/mol. The average Bonchev–Trinajstić information content (AvgIpc) is 2.85. The molecule has 0 amide bonds. The lowest BCUT2D eigenvalue weighted by molar-refractivity contribution is 0.0679. The fourth-order valence-electron chi connectivity index (χ4n) is 3.85. The molecule has 3 aromatic carbocycles. The van der Waals surface area contributed by atoms with E-state index in [-0.39, 0.29) is 0 Å². The minimum absolute atomic E-state index is 0.349. The fraction of sp³-hybridized carbons (Fsp3) is 0.310. The van der Waals surface area contributed by atoms with Crippen LogP contribution in [0.1, 0.15) is 77.4 Å². The van der Waals surface area contributed by atoms with E-state index in [0.717, 1.165) is 48.8 Å². The number of carbonyl (C=O) groups excluding carboxylic acids is 2. The zero-order valence-corrected chi connectivity index (χ0v) is 19.7. The van der Waals surface area contributed by atoms with E-state index in [1.54, 1.807) is 48.5 Å². The number of hydrogen-bond donors (Lipinski definition) is 0. The molecule has 4 heteroatoms. The van der Waals surface area contributed by atoms with E-state index in [4.69, 9.17) is 9.47 Å². The Morgan fingerprint density at radius 1 is 0.667 bits per heavy atom. The van der Waals surface area contributed by atoms with Crippen molar-refractivity contribution >= 4 is 11.9 Å². The van der Waals surface area contributed by atoms with Gasteiger partial charge in [0.25, 0.3) is 0 Å². The third-order valence-corrected chi connectivity index (χ3v) is 5.60. The molecule has 4 nitrogen and oxygen atoms in total. The lowest BCUT2D eigenvalue weighted by atomic mass is 9.93. The van der Waals surface area contributed by atoms with E-state index in [9.17, 15) is 9.59 Å². The first-order valence-electron chi connectivity index (χ1n) is 11.8. The highest BCUT2D eigenvalue weighted by molar-refractivity contribution is 5.93. The predicted octanol–water partition coefficient (Wildman–Crippen LogP) is 6.98. The van der Waals surface area contributed by atoms with Crippen LogP contribution in [0, 0.1) is 0 Å². The molecule has 0 aliphatic carbocycles. The molecule has 0 spiro atoms. The van der Waals surface area contributed by atoms with Crippen LogP contribution in [0.4, 0.5) is 0 Å². The Balaban J connectivity index is 2.13. The van der Waals surface area contributed by atoms with Gasteiger partial charge in [0, 0.05) is 5.56 Å². The van der Waals surface area contributed by atoms with Crippen molar-refractivity contribution in [3.63, 3.8) is 0 Å². The highest BCUT2D eigenvalue weighted by Crippen LogP contribution is 2.40. The summed E-state index contributed by atoms with van der Waals surface area (Å²) >= 11 is 0. The molecule has 0 saturated carbocycles. The van der Waals surface area contributed by atoms with E-state index in [1.807, 2.05) is 19.1 Å². The van der Waals surface area contributed by atoms with Crippen LogP contribution in [-0.2, 0) is 19.3 Å². The smallest absolute Gasteiger partial charge is 0.343 e. The minimum Gasteiger partial charge on any atom is -0.419 e. The van der Waals surface area contributed by atoms with Crippen LogP contribution in [0.5, 0.6) is 11.5 Å². The fourth-order valence-corrected chi connectivity index (χ4v) is 3.85. The number of rotatable bonds is 10. The van der Waals surface area contributed by atoms with Crippen molar-refractivity contribution in [1.82, 2.24) is 0 Å². The zero-order chi connectivity index (χ0) is 23.6. The van der Waals surface area contributed by atoms with Gasteiger partial charge in [-0.05, 0) is 61.1 Å². The van der Waals surface area contributed by atoms with Gasteiger partial charge >= 0.3 is 11.9 Å². The number of aryl methyl sites for hydroxylation is 2. The summed E-state index contributed by atoms with van der Waals surface area (Å²) < 4.78 is 11.9. The van der Waals surface area contributed by atoms with Crippen molar-refractivity contribution in [2.45, 2.75) is 59.3 Å². The Labute approximate surface area is 196 Å². The first-order chi connectivity index (χ1) is 16.1.